The Labute approximate surface area is 147 Å². The number of fused-ring (bicyclic) bond motifs is 1. The zero-order valence-electron chi connectivity index (χ0n) is 13.1. The van der Waals surface area contributed by atoms with E-state index < -0.39 is 0 Å². The summed E-state index contributed by atoms with van der Waals surface area (Å²) in [4.78, 5) is 3.25. The molecule has 0 radical (unpaired) electrons. The van der Waals surface area contributed by atoms with Gasteiger partial charge in [0, 0.05) is 21.7 Å². The van der Waals surface area contributed by atoms with E-state index in [0.717, 1.165) is 16.3 Å². The van der Waals surface area contributed by atoms with Crippen LogP contribution in [0.4, 0.5) is 17.1 Å². The van der Waals surface area contributed by atoms with Gasteiger partial charge in [0.25, 0.3) is 0 Å². The molecular formula is C22H17NS. The fourth-order valence-electron chi connectivity index (χ4n) is 3.01. The van der Waals surface area contributed by atoms with Gasteiger partial charge >= 0.3 is 0 Å². The van der Waals surface area contributed by atoms with Gasteiger partial charge in [-0.15, -0.1) is 12.6 Å². The quantitative estimate of drug-likeness (QED) is 0.415. The lowest BCUT2D eigenvalue weighted by atomic mass is 10.1. The molecule has 4 rings (SSSR count). The summed E-state index contributed by atoms with van der Waals surface area (Å²) >= 11 is 4.42. The molecular weight excluding hydrogens is 310 g/mol. The van der Waals surface area contributed by atoms with Crippen LogP contribution in [0.5, 0.6) is 0 Å². The first-order valence-corrected chi connectivity index (χ1v) is 8.40. The first-order chi connectivity index (χ1) is 11.8. The molecule has 0 saturated carbocycles. The van der Waals surface area contributed by atoms with Crippen LogP contribution in [0.3, 0.4) is 0 Å². The molecule has 0 aromatic heterocycles. The van der Waals surface area contributed by atoms with Crippen molar-refractivity contribution < 1.29 is 0 Å². The average molecular weight is 327 g/mol. The van der Waals surface area contributed by atoms with Crippen molar-refractivity contribution in [3.05, 3.63) is 97.1 Å². The summed E-state index contributed by atoms with van der Waals surface area (Å²) in [5.74, 6) is 0. The van der Waals surface area contributed by atoms with E-state index in [1.807, 2.05) is 18.2 Å². The Morgan fingerprint density at radius 3 is 1.96 bits per heavy atom. The second-order valence-corrected chi connectivity index (χ2v) is 6.20. The van der Waals surface area contributed by atoms with Crippen LogP contribution in [0.1, 0.15) is 0 Å². The molecule has 0 bridgehead atoms. The minimum atomic E-state index is 0.963. The van der Waals surface area contributed by atoms with Crippen LogP contribution in [0, 0.1) is 0 Å². The smallest absolute Gasteiger partial charge is 0.0540 e. The fraction of sp³-hybridized carbons (Fsp3) is 0. The Morgan fingerprint density at radius 1 is 0.542 bits per heavy atom. The molecule has 1 nitrogen and oxygen atoms in total. The van der Waals surface area contributed by atoms with Crippen LogP contribution in [-0.4, -0.2) is 0 Å². The first kappa shape index (κ1) is 14.9. The molecule has 24 heavy (non-hydrogen) atoms. The lowest BCUT2D eigenvalue weighted by Gasteiger charge is -2.26. The molecule has 0 aliphatic rings. The maximum absolute atomic E-state index is 4.42. The summed E-state index contributed by atoms with van der Waals surface area (Å²) in [6, 6.07) is 33.7. The van der Waals surface area contributed by atoms with Gasteiger partial charge in [-0.05, 0) is 47.9 Å². The van der Waals surface area contributed by atoms with E-state index in [1.54, 1.807) is 0 Å². The molecule has 0 heterocycles. The van der Waals surface area contributed by atoms with E-state index in [4.69, 9.17) is 0 Å². The number of rotatable bonds is 3. The lowest BCUT2D eigenvalue weighted by Crippen LogP contribution is -2.10. The Hall–Kier alpha value is -2.71. The zero-order chi connectivity index (χ0) is 16.4. The largest absolute Gasteiger partial charge is 0.310 e. The molecule has 2 heteroatoms. The van der Waals surface area contributed by atoms with E-state index in [9.17, 15) is 0 Å². The third kappa shape index (κ3) is 2.77. The Kier molecular flexibility index (Phi) is 3.97. The van der Waals surface area contributed by atoms with Gasteiger partial charge in [0.15, 0.2) is 0 Å². The highest BCUT2D eigenvalue weighted by Gasteiger charge is 2.14. The number of thiol groups is 1. The van der Waals surface area contributed by atoms with Crippen molar-refractivity contribution >= 4 is 40.5 Å². The Balaban J connectivity index is 1.97. The van der Waals surface area contributed by atoms with E-state index in [0.29, 0.717) is 0 Å². The van der Waals surface area contributed by atoms with E-state index >= 15 is 0 Å². The van der Waals surface area contributed by atoms with Crippen LogP contribution >= 0.6 is 12.6 Å². The van der Waals surface area contributed by atoms with Crippen molar-refractivity contribution in [1.82, 2.24) is 0 Å². The number of anilines is 3. The Bertz CT molecular complexity index is 957. The molecule has 0 unspecified atom stereocenters. The highest BCUT2D eigenvalue weighted by Crippen LogP contribution is 2.38. The highest BCUT2D eigenvalue weighted by molar-refractivity contribution is 7.80. The van der Waals surface area contributed by atoms with E-state index in [1.165, 1.54) is 16.5 Å². The van der Waals surface area contributed by atoms with Crippen LogP contribution in [-0.2, 0) is 0 Å². The van der Waals surface area contributed by atoms with Crippen LogP contribution < -0.4 is 4.90 Å². The molecule has 0 spiro atoms. The average Bonchev–Trinajstić information content (AvgIpc) is 2.65. The van der Waals surface area contributed by atoms with Crippen LogP contribution in [0.15, 0.2) is 102 Å². The zero-order valence-corrected chi connectivity index (χ0v) is 14.0. The van der Waals surface area contributed by atoms with Crippen molar-refractivity contribution in [3.63, 3.8) is 0 Å². The maximum Gasteiger partial charge on any atom is 0.0540 e. The van der Waals surface area contributed by atoms with Gasteiger partial charge in [-0.1, -0.05) is 54.6 Å². The minimum absolute atomic E-state index is 0.963. The summed E-state index contributed by atoms with van der Waals surface area (Å²) in [5.41, 5.74) is 3.43. The number of benzene rings is 4. The summed E-state index contributed by atoms with van der Waals surface area (Å²) < 4.78 is 0. The van der Waals surface area contributed by atoms with Crippen molar-refractivity contribution in [1.29, 1.82) is 0 Å². The number of nitrogens with zero attached hydrogens (tertiary/aromatic N) is 1. The highest BCUT2D eigenvalue weighted by atomic mass is 32.1. The fourth-order valence-corrected chi connectivity index (χ4v) is 3.16. The molecule has 0 N–H and O–H groups in total. The number of hydrogen-bond donors (Lipinski definition) is 1. The van der Waals surface area contributed by atoms with Gasteiger partial charge in [0.2, 0.25) is 0 Å². The second-order valence-electron chi connectivity index (χ2n) is 5.69. The second kappa shape index (κ2) is 6.42. The molecule has 4 aromatic rings. The summed E-state index contributed by atoms with van der Waals surface area (Å²) in [7, 11) is 0. The molecule has 0 fully saturated rings. The predicted molar refractivity (Wildman–Crippen MR) is 106 cm³/mol. The molecule has 0 aliphatic carbocycles. The van der Waals surface area contributed by atoms with E-state index in [2.05, 4.69) is 96.4 Å². The van der Waals surface area contributed by atoms with Crippen molar-refractivity contribution in [3.8, 4) is 0 Å². The van der Waals surface area contributed by atoms with Crippen molar-refractivity contribution in [2.75, 3.05) is 4.90 Å². The summed E-state index contributed by atoms with van der Waals surface area (Å²) in [6.07, 6.45) is 0. The lowest BCUT2D eigenvalue weighted by molar-refractivity contribution is 1.28. The third-order valence-electron chi connectivity index (χ3n) is 4.13. The van der Waals surface area contributed by atoms with Crippen molar-refractivity contribution in [2.45, 2.75) is 4.90 Å². The predicted octanol–water partition coefficient (Wildman–Crippen LogP) is 6.60. The molecule has 116 valence electrons. The van der Waals surface area contributed by atoms with Gasteiger partial charge in [-0.2, -0.15) is 0 Å². The molecule has 0 amide bonds. The molecule has 4 aromatic carbocycles. The molecule has 0 aliphatic heterocycles. The van der Waals surface area contributed by atoms with Gasteiger partial charge < -0.3 is 4.90 Å². The van der Waals surface area contributed by atoms with Gasteiger partial charge in [-0.3, -0.25) is 0 Å². The number of hydrogen-bond acceptors (Lipinski definition) is 2. The SMILES string of the molecule is Sc1ccc(N(c2ccccc2)c2cccc3ccccc23)cc1. The minimum Gasteiger partial charge on any atom is -0.310 e. The van der Waals surface area contributed by atoms with Crippen molar-refractivity contribution in [2.24, 2.45) is 0 Å². The topological polar surface area (TPSA) is 3.24 Å². The van der Waals surface area contributed by atoms with E-state index in [-0.39, 0.29) is 0 Å². The molecule has 0 saturated heterocycles. The monoisotopic (exact) mass is 327 g/mol. The first-order valence-electron chi connectivity index (χ1n) is 7.95. The van der Waals surface area contributed by atoms with Gasteiger partial charge in [-0.25, -0.2) is 0 Å². The standard InChI is InChI=1S/C22H17NS/c24-20-15-13-19(14-16-20)23(18-9-2-1-3-10-18)22-12-6-8-17-7-4-5-11-21(17)22/h1-16,24H. The molecule has 0 atom stereocenters. The summed E-state index contributed by atoms with van der Waals surface area (Å²) in [5, 5.41) is 2.47. The normalized spacial score (nSPS) is 10.7. The Morgan fingerprint density at radius 2 is 1.17 bits per heavy atom. The maximum atomic E-state index is 4.42. The third-order valence-corrected chi connectivity index (χ3v) is 4.43. The van der Waals surface area contributed by atoms with Gasteiger partial charge in [0.1, 0.15) is 0 Å². The van der Waals surface area contributed by atoms with Gasteiger partial charge in [0.05, 0.1) is 5.69 Å². The van der Waals surface area contributed by atoms with Crippen LogP contribution in [0.2, 0.25) is 0 Å². The number of para-hydroxylation sites is 1. The van der Waals surface area contributed by atoms with Crippen LogP contribution in [0.25, 0.3) is 10.8 Å². The summed E-state index contributed by atoms with van der Waals surface area (Å²) in [6.45, 7) is 0.